The van der Waals surface area contributed by atoms with Crippen molar-refractivity contribution >= 4 is 27.3 Å². The zero-order chi connectivity index (χ0) is 12.3. The molecule has 3 N–H and O–H groups in total. The summed E-state index contributed by atoms with van der Waals surface area (Å²) in [4.78, 5) is 1.36. The molecule has 1 fully saturated rings. The van der Waals surface area contributed by atoms with Crippen molar-refractivity contribution in [3.8, 4) is 0 Å². The molecule has 0 radical (unpaired) electrons. The molecule has 1 saturated heterocycles. The summed E-state index contributed by atoms with van der Waals surface area (Å²) in [6, 6.07) is 2.49. The smallest absolute Gasteiger partial charge is 0.0617 e. The highest BCUT2D eigenvalue weighted by molar-refractivity contribution is 9.10. The average molecular weight is 319 g/mol. The number of hydrogen-bond donors (Lipinski definition) is 2. The highest BCUT2D eigenvalue weighted by Gasteiger charge is 2.33. The number of thiophene rings is 1. The van der Waals surface area contributed by atoms with E-state index < -0.39 is 0 Å². The molecule has 2 rings (SSSR count). The largest absolute Gasteiger partial charge is 0.378 e. The van der Waals surface area contributed by atoms with Gasteiger partial charge in [0.25, 0.3) is 0 Å². The van der Waals surface area contributed by atoms with Crippen LogP contribution in [0.5, 0.6) is 0 Å². The van der Waals surface area contributed by atoms with E-state index in [0.717, 1.165) is 30.3 Å². The molecule has 3 unspecified atom stereocenters. The van der Waals surface area contributed by atoms with Gasteiger partial charge in [-0.1, -0.05) is 6.92 Å². The van der Waals surface area contributed by atoms with E-state index in [1.54, 1.807) is 11.3 Å². The minimum atomic E-state index is 0.313. The molecule has 5 heteroatoms. The van der Waals surface area contributed by atoms with Crippen LogP contribution in [0.3, 0.4) is 0 Å². The van der Waals surface area contributed by atoms with Crippen molar-refractivity contribution in [1.29, 1.82) is 0 Å². The molecule has 96 valence electrons. The number of halogens is 1. The predicted octanol–water partition coefficient (Wildman–Crippen LogP) is 2.70. The normalized spacial score (nSPS) is 26.3. The second-order valence-electron chi connectivity index (χ2n) is 4.48. The van der Waals surface area contributed by atoms with E-state index in [9.17, 15) is 0 Å². The molecule has 3 atom stereocenters. The van der Waals surface area contributed by atoms with Crippen LogP contribution in [-0.4, -0.2) is 18.8 Å². The topological polar surface area (TPSA) is 47.3 Å². The van der Waals surface area contributed by atoms with E-state index in [2.05, 4.69) is 39.7 Å². The monoisotopic (exact) mass is 318 g/mol. The first kappa shape index (κ1) is 13.5. The van der Waals surface area contributed by atoms with Gasteiger partial charge in [-0.05, 0) is 41.3 Å². The van der Waals surface area contributed by atoms with Crippen molar-refractivity contribution in [2.24, 2.45) is 11.8 Å². The van der Waals surface area contributed by atoms with Gasteiger partial charge in [-0.25, -0.2) is 0 Å². The van der Waals surface area contributed by atoms with Crippen LogP contribution in [0.1, 0.15) is 24.6 Å². The van der Waals surface area contributed by atoms with Gasteiger partial charge in [0.2, 0.25) is 0 Å². The van der Waals surface area contributed by atoms with E-state index in [-0.39, 0.29) is 0 Å². The summed E-state index contributed by atoms with van der Waals surface area (Å²) in [5.41, 5.74) is 2.98. The Bertz CT molecular complexity index is 358. The van der Waals surface area contributed by atoms with Gasteiger partial charge in [0.1, 0.15) is 0 Å². The maximum absolute atomic E-state index is 5.74. The van der Waals surface area contributed by atoms with Crippen LogP contribution < -0.4 is 11.3 Å². The molecule has 17 heavy (non-hydrogen) atoms. The Morgan fingerprint density at radius 2 is 2.53 bits per heavy atom. The minimum absolute atomic E-state index is 0.313. The van der Waals surface area contributed by atoms with Crippen LogP contribution >= 0.6 is 27.3 Å². The summed E-state index contributed by atoms with van der Waals surface area (Å²) in [6.07, 6.45) is 3.52. The summed E-state index contributed by atoms with van der Waals surface area (Å²) >= 11 is 5.26. The summed E-state index contributed by atoms with van der Waals surface area (Å²) in [5.74, 6) is 6.24. The van der Waals surface area contributed by atoms with Crippen LogP contribution in [0.15, 0.2) is 15.9 Å². The number of nitrogens with one attached hydrogen (secondary N) is 1. The van der Waals surface area contributed by atoms with Gasteiger partial charge in [0.05, 0.1) is 6.10 Å². The van der Waals surface area contributed by atoms with Crippen LogP contribution in [0, 0.1) is 5.92 Å². The third-order valence-corrected chi connectivity index (χ3v) is 5.16. The third kappa shape index (κ3) is 3.29. The lowest BCUT2D eigenvalue weighted by molar-refractivity contribution is 0.0775. The summed E-state index contributed by atoms with van der Waals surface area (Å²) < 4.78 is 6.89. The van der Waals surface area contributed by atoms with Crippen molar-refractivity contribution < 1.29 is 4.74 Å². The summed E-state index contributed by atoms with van der Waals surface area (Å²) in [7, 11) is 0. The van der Waals surface area contributed by atoms with Gasteiger partial charge in [-0.2, -0.15) is 0 Å². The average Bonchev–Trinajstić information content (AvgIpc) is 2.94. The van der Waals surface area contributed by atoms with Crippen LogP contribution in [-0.2, 0) is 11.2 Å². The van der Waals surface area contributed by atoms with E-state index in [0.29, 0.717) is 18.1 Å². The lowest BCUT2D eigenvalue weighted by atomic mass is 9.89. The van der Waals surface area contributed by atoms with Gasteiger partial charge in [0, 0.05) is 33.3 Å². The molecule has 2 heterocycles. The number of nitrogens with two attached hydrogens (primary N) is 1. The molecule has 0 aromatic carbocycles. The number of ether oxygens (including phenoxy) is 1. The van der Waals surface area contributed by atoms with E-state index in [1.165, 1.54) is 4.88 Å². The Kier molecular flexibility index (Phi) is 4.99. The fourth-order valence-corrected chi connectivity index (χ4v) is 4.07. The first-order chi connectivity index (χ1) is 8.24. The van der Waals surface area contributed by atoms with Gasteiger partial charge in [-0.3, -0.25) is 11.3 Å². The van der Waals surface area contributed by atoms with Crippen LogP contribution in [0.4, 0.5) is 0 Å². The standard InChI is InChI=1S/C12H19BrN2OS/c1-2-12-10(3-4-16-12)11(15-14)6-9-5-8(13)7-17-9/h5,7,10-12,15H,2-4,6,14H2,1H3. The van der Waals surface area contributed by atoms with Crippen LogP contribution in [0.25, 0.3) is 0 Å². The molecular formula is C12H19BrN2OS. The van der Waals surface area contributed by atoms with Crippen molar-refractivity contribution in [3.63, 3.8) is 0 Å². The quantitative estimate of drug-likeness (QED) is 0.648. The molecular weight excluding hydrogens is 300 g/mol. The Morgan fingerprint density at radius 1 is 1.71 bits per heavy atom. The second kappa shape index (κ2) is 6.29. The minimum Gasteiger partial charge on any atom is -0.378 e. The van der Waals surface area contributed by atoms with Crippen molar-refractivity contribution in [2.75, 3.05) is 6.61 Å². The molecule has 0 bridgehead atoms. The fourth-order valence-electron chi connectivity index (χ4n) is 2.56. The van der Waals surface area contributed by atoms with Gasteiger partial charge < -0.3 is 4.74 Å². The highest BCUT2D eigenvalue weighted by atomic mass is 79.9. The number of rotatable bonds is 5. The lowest BCUT2D eigenvalue weighted by Gasteiger charge is -2.26. The molecule has 0 amide bonds. The SMILES string of the molecule is CCC1OCCC1C(Cc1cc(Br)cs1)NN. The molecule has 0 saturated carbocycles. The van der Waals surface area contributed by atoms with Crippen molar-refractivity contribution in [3.05, 3.63) is 20.8 Å². The van der Waals surface area contributed by atoms with Crippen LogP contribution in [0.2, 0.25) is 0 Å². The maximum Gasteiger partial charge on any atom is 0.0617 e. The van der Waals surface area contributed by atoms with Gasteiger partial charge in [-0.15, -0.1) is 11.3 Å². The fraction of sp³-hybridized carbons (Fsp3) is 0.667. The zero-order valence-electron chi connectivity index (χ0n) is 9.99. The zero-order valence-corrected chi connectivity index (χ0v) is 12.4. The molecule has 1 aromatic rings. The van der Waals surface area contributed by atoms with E-state index in [1.807, 2.05) is 0 Å². The predicted molar refractivity (Wildman–Crippen MR) is 75.0 cm³/mol. The highest BCUT2D eigenvalue weighted by Crippen LogP contribution is 2.29. The molecule has 1 aliphatic rings. The number of hydrazine groups is 1. The summed E-state index contributed by atoms with van der Waals surface area (Å²) in [5, 5.41) is 2.12. The van der Waals surface area contributed by atoms with Crippen molar-refractivity contribution in [2.45, 2.75) is 38.3 Å². The first-order valence-electron chi connectivity index (χ1n) is 6.05. The Hall–Kier alpha value is 0.0600. The van der Waals surface area contributed by atoms with Gasteiger partial charge in [0.15, 0.2) is 0 Å². The summed E-state index contributed by atoms with van der Waals surface area (Å²) in [6.45, 7) is 3.05. The van der Waals surface area contributed by atoms with E-state index in [4.69, 9.17) is 10.6 Å². The molecule has 1 aromatic heterocycles. The molecule has 1 aliphatic heterocycles. The molecule has 3 nitrogen and oxygen atoms in total. The van der Waals surface area contributed by atoms with Crippen molar-refractivity contribution in [1.82, 2.24) is 5.43 Å². The lowest BCUT2D eigenvalue weighted by Crippen LogP contribution is -2.45. The van der Waals surface area contributed by atoms with Gasteiger partial charge >= 0.3 is 0 Å². The first-order valence-corrected chi connectivity index (χ1v) is 7.72. The Morgan fingerprint density at radius 3 is 3.12 bits per heavy atom. The Labute approximate surface area is 115 Å². The maximum atomic E-state index is 5.74. The molecule has 0 spiro atoms. The number of hydrogen-bond acceptors (Lipinski definition) is 4. The third-order valence-electron chi connectivity index (χ3n) is 3.44. The molecule has 0 aliphatic carbocycles. The second-order valence-corrected chi connectivity index (χ2v) is 6.39. The Balaban J connectivity index is 2.00. The van der Waals surface area contributed by atoms with E-state index >= 15 is 0 Å².